The van der Waals surface area contributed by atoms with Gasteiger partial charge in [-0.05, 0) is 20.8 Å². The Kier molecular flexibility index (Phi) is 5.69. The number of aliphatic carboxylic acids is 1. The summed E-state index contributed by atoms with van der Waals surface area (Å²) in [5, 5.41) is 8.58. The van der Waals surface area contributed by atoms with Crippen LogP contribution in [0.2, 0.25) is 0 Å². The van der Waals surface area contributed by atoms with Crippen molar-refractivity contribution in [3.63, 3.8) is 0 Å². The van der Waals surface area contributed by atoms with E-state index in [4.69, 9.17) is 14.2 Å². The van der Waals surface area contributed by atoms with Gasteiger partial charge in [0.1, 0.15) is 0 Å². The van der Waals surface area contributed by atoms with Crippen LogP contribution in [0.1, 0.15) is 20.8 Å². The Bertz CT molecular complexity index is 261. The second-order valence-corrected chi connectivity index (χ2v) is 4.35. The van der Waals surface area contributed by atoms with Crippen molar-refractivity contribution in [3.05, 3.63) is 11.4 Å². The lowest BCUT2D eigenvalue weighted by Gasteiger charge is -2.13. The van der Waals surface area contributed by atoms with Gasteiger partial charge in [0, 0.05) is 11.4 Å². The van der Waals surface area contributed by atoms with Crippen LogP contribution >= 0.6 is 7.60 Å². The van der Waals surface area contributed by atoms with E-state index in [2.05, 4.69) is 0 Å². The molecule has 0 aliphatic heterocycles. The maximum Gasteiger partial charge on any atom is 0.354 e. The van der Waals surface area contributed by atoms with Crippen LogP contribution in [0, 0.1) is 0 Å². The summed E-state index contributed by atoms with van der Waals surface area (Å²) in [6, 6.07) is 0. The Morgan fingerprint density at radius 3 is 2.07 bits per heavy atom. The third kappa shape index (κ3) is 4.56. The minimum Gasteiger partial charge on any atom is -0.478 e. The molecule has 82 valence electrons. The van der Waals surface area contributed by atoms with Gasteiger partial charge in [0.25, 0.3) is 0 Å². The van der Waals surface area contributed by atoms with Crippen LogP contribution in [0.4, 0.5) is 0 Å². The van der Waals surface area contributed by atoms with Crippen molar-refractivity contribution >= 4 is 13.6 Å². The summed E-state index contributed by atoms with van der Waals surface area (Å²) < 4.78 is 21.5. The van der Waals surface area contributed by atoms with E-state index in [1.54, 1.807) is 13.8 Å². The van der Waals surface area contributed by atoms with Crippen molar-refractivity contribution in [2.45, 2.75) is 20.8 Å². The first kappa shape index (κ1) is 13.4. The third-order valence-corrected chi connectivity index (χ3v) is 3.25. The molecule has 14 heavy (non-hydrogen) atoms. The van der Waals surface area contributed by atoms with E-state index in [0.29, 0.717) is 0 Å². The zero-order valence-electron chi connectivity index (χ0n) is 8.52. The average molecular weight is 222 g/mol. The fourth-order valence-electron chi connectivity index (χ4n) is 0.764. The van der Waals surface area contributed by atoms with Gasteiger partial charge < -0.3 is 14.2 Å². The molecule has 0 aliphatic carbocycles. The van der Waals surface area contributed by atoms with Gasteiger partial charge in [0.05, 0.1) is 13.2 Å². The first-order chi connectivity index (χ1) is 6.45. The fourth-order valence-corrected chi connectivity index (χ4v) is 2.29. The van der Waals surface area contributed by atoms with E-state index in [-0.39, 0.29) is 18.8 Å². The molecule has 5 nitrogen and oxygen atoms in total. The Morgan fingerprint density at radius 2 is 1.79 bits per heavy atom. The van der Waals surface area contributed by atoms with Crippen LogP contribution in [0.3, 0.4) is 0 Å². The smallest absolute Gasteiger partial charge is 0.354 e. The van der Waals surface area contributed by atoms with E-state index in [9.17, 15) is 9.36 Å². The minimum atomic E-state index is -3.37. The van der Waals surface area contributed by atoms with Crippen LogP contribution < -0.4 is 0 Å². The second kappa shape index (κ2) is 5.96. The summed E-state index contributed by atoms with van der Waals surface area (Å²) in [6.45, 7) is 5.08. The Labute approximate surface area is 83.3 Å². The minimum absolute atomic E-state index is 0.0461. The molecular formula is C8H15O5P. The Morgan fingerprint density at radius 1 is 1.36 bits per heavy atom. The van der Waals surface area contributed by atoms with E-state index in [0.717, 1.165) is 5.82 Å². The fraction of sp³-hybridized carbons (Fsp3) is 0.625. The van der Waals surface area contributed by atoms with E-state index in [1.807, 2.05) is 0 Å². The normalized spacial score (nSPS) is 12.9. The molecule has 0 aromatic rings. The summed E-state index contributed by atoms with van der Waals surface area (Å²) >= 11 is 0. The van der Waals surface area contributed by atoms with Crippen LogP contribution in [-0.4, -0.2) is 24.3 Å². The van der Waals surface area contributed by atoms with Crippen molar-refractivity contribution in [3.8, 4) is 0 Å². The SMILES string of the molecule is CCOP(=O)(C=C(C)C(=O)O)OCC. The molecule has 0 spiro atoms. The van der Waals surface area contributed by atoms with Gasteiger partial charge in [-0.3, -0.25) is 4.57 Å². The van der Waals surface area contributed by atoms with Gasteiger partial charge in [-0.25, -0.2) is 4.79 Å². The summed E-state index contributed by atoms with van der Waals surface area (Å²) in [4.78, 5) is 10.5. The van der Waals surface area contributed by atoms with Crippen molar-refractivity contribution in [1.29, 1.82) is 0 Å². The zero-order valence-corrected chi connectivity index (χ0v) is 9.41. The molecule has 0 radical (unpaired) electrons. The van der Waals surface area contributed by atoms with Crippen molar-refractivity contribution in [2.75, 3.05) is 13.2 Å². The number of carboxylic acids is 1. The summed E-state index contributed by atoms with van der Waals surface area (Å²) in [7, 11) is -3.37. The van der Waals surface area contributed by atoms with Crippen LogP contribution in [0.25, 0.3) is 0 Å². The molecular weight excluding hydrogens is 207 g/mol. The van der Waals surface area contributed by atoms with E-state index in [1.165, 1.54) is 6.92 Å². The maximum absolute atomic E-state index is 11.7. The number of hydrogen-bond acceptors (Lipinski definition) is 4. The number of carboxylic acid groups (broad SMARTS) is 1. The standard InChI is InChI=1S/C8H15O5P/c1-4-12-14(11,13-5-2)6-7(3)8(9)10/h6H,4-5H2,1-3H3,(H,9,10). The molecule has 0 rings (SSSR count). The second-order valence-electron chi connectivity index (χ2n) is 2.49. The van der Waals surface area contributed by atoms with E-state index < -0.39 is 13.6 Å². The summed E-state index contributed by atoms with van der Waals surface area (Å²) in [6.07, 6.45) is 0. The highest BCUT2D eigenvalue weighted by Crippen LogP contribution is 2.50. The first-order valence-corrected chi connectivity index (χ1v) is 5.88. The molecule has 0 heterocycles. The van der Waals surface area contributed by atoms with Gasteiger partial charge >= 0.3 is 13.6 Å². The number of carbonyl (C=O) groups is 1. The topological polar surface area (TPSA) is 72.8 Å². The molecule has 0 atom stereocenters. The van der Waals surface area contributed by atoms with Crippen LogP contribution in [0.5, 0.6) is 0 Å². The molecule has 0 bridgehead atoms. The molecule has 0 aromatic heterocycles. The van der Waals surface area contributed by atoms with Gasteiger partial charge in [0.15, 0.2) is 0 Å². The Hall–Kier alpha value is -0.640. The lowest BCUT2D eigenvalue weighted by molar-refractivity contribution is -0.132. The zero-order chi connectivity index (χ0) is 11.2. The molecule has 1 N–H and O–H groups in total. The lowest BCUT2D eigenvalue weighted by Crippen LogP contribution is -1.99. The molecule has 0 amide bonds. The lowest BCUT2D eigenvalue weighted by atomic mass is 10.4. The van der Waals surface area contributed by atoms with Gasteiger partial charge in [-0.15, -0.1) is 0 Å². The number of rotatable bonds is 6. The molecule has 6 heteroatoms. The largest absolute Gasteiger partial charge is 0.478 e. The average Bonchev–Trinajstić information content (AvgIpc) is 2.04. The predicted molar refractivity (Wildman–Crippen MR) is 52.3 cm³/mol. The first-order valence-electron chi connectivity index (χ1n) is 4.26. The maximum atomic E-state index is 11.7. The molecule has 0 aromatic carbocycles. The molecule has 0 unspecified atom stereocenters. The molecule has 0 aliphatic rings. The summed E-state index contributed by atoms with van der Waals surface area (Å²) in [5.41, 5.74) is -0.0461. The van der Waals surface area contributed by atoms with Gasteiger partial charge in [-0.1, -0.05) is 0 Å². The van der Waals surface area contributed by atoms with Crippen molar-refractivity contribution in [1.82, 2.24) is 0 Å². The Balaban J connectivity index is 4.75. The highest BCUT2D eigenvalue weighted by Gasteiger charge is 2.21. The third-order valence-electron chi connectivity index (χ3n) is 1.31. The van der Waals surface area contributed by atoms with Crippen molar-refractivity contribution < 1.29 is 23.5 Å². The molecule has 0 saturated heterocycles. The highest BCUT2D eigenvalue weighted by molar-refractivity contribution is 7.57. The monoisotopic (exact) mass is 222 g/mol. The summed E-state index contributed by atoms with van der Waals surface area (Å²) in [5.74, 6) is -0.105. The van der Waals surface area contributed by atoms with Gasteiger partial charge in [-0.2, -0.15) is 0 Å². The predicted octanol–water partition coefficient (Wildman–Crippen LogP) is 2.24. The molecule has 0 saturated carbocycles. The van der Waals surface area contributed by atoms with Crippen LogP contribution in [0.15, 0.2) is 11.4 Å². The van der Waals surface area contributed by atoms with Crippen molar-refractivity contribution in [2.24, 2.45) is 0 Å². The number of hydrogen-bond donors (Lipinski definition) is 1. The van der Waals surface area contributed by atoms with Crippen LogP contribution in [-0.2, 0) is 18.4 Å². The highest BCUT2D eigenvalue weighted by atomic mass is 31.2. The quantitative estimate of drug-likeness (QED) is 0.551. The van der Waals surface area contributed by atoms with E-state index >= 15 is 0 Å². The van der Waals surface area contributed by atoms with Gasteiger partial charge in [0.2, 0.25) is 0 Å². The molecule has 0 fully saturated rings.